The molecule has 0 aliphatic rings. The molecule has 0 aliphatic carbocycles. The number of benzene rings is 1. The summed E-state index contributed by atoms with van der Waals surface area (Å²) in [5.41, 5.74) is 1.21. The van der Waals surface area contributed by atoms with Crippen molar-refractivity contribution < 1.29 is 4.39 Å². The van der Waals surface area contributed by atoms with Crippen LogP contribution in [0, 0.1) is 24.1 Å². The predicted molar refractivity (Wildman–Crippen MR) is 64.3 cm³/mol. The van der Waals surface area contributed by atoms with Gasteiger partial charge in [0.1, 0.15) is 5.82 Å². The predicted octanol–water partition coefficient (Wildman–Crippen LogP) is 3.53. The lowest BCUT2D eigenvalue weighted by Crippen LogP contribution is -2.19. The van der Waals surface area contributed by atoms with Crippen molar-refractivity contribution in [1.82, 2.24) is 0 Å². The molecule has 0 N–H and O–H groups in total. The summed E-state index contributed by atoms with van der Waals surface area (Å²) in [5, 5.41) is 8.97. The monoisotopic (exact) mass is 240 g/mol. The first-order chi connectivity index (χ1) is 7.56. The molecule has 1 aromatic rings. The molecular weight excluding hydrogens is 227 g/mol. The second kappa shape index (κ2) is 5.72. The molecule has 0 fully saturated rings. The first kappa shape index (κ1) is 12.8. The van der Waals surface area contributed by atoms with Crippen LogP contribution < -0.4 is 4.90 Å². The van der Waals surface area contributed by atoms with E-state index in [1.54, 1.807) is 13.0 Å². The van der Waals surface area contributed by atoms with E-state index in [0.29, 0.717) is 29.2 Å². The third-order valence-electron chi connectivity index (χ3n) is 2.42. The van der Waals surface area contributed by atoms with Gasteiger partial charge in [0, 0.05) is 20.0 Å². The molecule has 0 radical (unpaired) electrons. The number of anilines is 1. The maximum Gasteiger partial charge on any atom is 0.128 e. The average Bonchev–Trinajstić information content (AvgIpc) is 2.23. The summed E-state index contributed by atoms with van der Waals surface area (Å²) in [6, 6.07) is 5.13. The van der Waals surface area contributed by atoms with Crippen molar-refractivity contribution in [3.05, 3.63) is 28.5 Å². The highest BCUT2D eigenvalue weighted by Crippen LogP contribution is 2.28. The fraction of sp³-hybridized carbons (Fsp3) is 0.417. The van der Waals surface area contributed by atoms with Gasteiger partial charge in [-0.25, -0.2) is 4.39 Å². The summed E-state index contributed by atoms with van der Waals surface area (Å²) in [6.45, 7) is 2.37. The molecule has 4 heteroatoms. The number of rotatable bonds is 4. The second-order valence-electron chi connectivity index (χ2n) is 3.74. The number of aryl methyl sites for hydroxylation is 1. The quantitative estimate of drug-likeness (QED) is 0.753. The zero-order chi connectivity index (χ0) is 12.1. The van der Waals surface area contributed by atoms with Crippen LogP contribution in [0.15, 0.2) is 12.1 Å². The van der Waals surface area contributed by atoms with Crippen molar-refractivity contribution in [3.63, 3.8) is 0 Å². The van der Waals surface area contributed by atoms with Crippen LogP contribution in [-0.4, -0.2) is 13.6 Å². The molecule has 1 aromatic carbocycles. The van der Waals surface area contributed by atoms with Crippen molar-refractivity contribution in [2.24, 2.45) is 0 Å². The van der Waals surface area contributed by atoms with Crippen molar-refractivity contribution in [3.8, 4) is 6.07 Å². The highest BCUT2D eigenvalue weighted by atomic mass is 35.5. The lowest BCUT2D eigenvalue weighted by molar-refractivity contribution is 0.617. The third-order valence-corrected chi connectivity index (χ3v) is 2.72. The van der Waals surface area contributed by atoms with Gasteiger partial charge in [-0.15, -0.1) is 0 Å². The van der Waals surface area contributed by atoms with Crippen LogP contribution in [0.1, 0.15) is 18.4 Å². The molecule has 0 aliphatic heterocycles. The summed E-state index contributed by atoms with van der Waals surface area (Å²) >= 11 is 6.04. The van der Waals surface area contributed by atoms with Gasteiger partial charge in [-0.3, -0.25) is 0 Å². The van der Waals surface area contributed by atoms with Crippen LogP contribution in [0.4, 0.5) is 10.1 Å². The molecule has 0 spiro atoms. The lowest BCUT2D eigenvalue weighted by Gasteiger charge is -2.20. The standard InChI is InChI=1S/C12H14ClFN2/c1-9-7-10(13)12(8-11(9)14)16(2)6-4-3-5-15/h7-8H,3-4,6H2,1-2H3. The summed E-state index contributed by atoms with van der Waals surface area (Å²) in [7, 11) is 1.84. The zero-order valence-electron chi connectivity index (χ0n) is 9.43. The fourth-order valence-corrected chi connectivity index (χ4v) is 1.81. The zero-order valence-corrected chi connectivity index (χ0v) is 10.2. The Morgan fingerprint density at radius 1 is 1.50 bits per heavy atom. The Balaban J connectivity index is 2.79. The normalized spacial score (nSPS) is 9.94. The molecule has 16 heavy (non-hydrogen) atoms. The number of nitrogens with zero attached hydrogens (tertiary/aromatic N) is 2. The van der Waals surface area contributed by atoms with Gasteiger partial charge in [-0.05, 0) is 31.0 Å². The number of unbranched alkanes of at least 4 members (excludes halogenated alkanes) is 1. The fourth-order valence-electron chi connectivity index (χ4n) is 1.44. The van der Waals surface area contributed by atoms with Crippen LogP contribution in [0.5, 0.6) is 0 Å². The Morgan fingerprint density at radius 3 is 2.81 bits per heavy atom. The smallest absolute Gasteiger partial charge is 0.128 e. The minimum Gasteiger partial charge on any atom is -0.373 e. The van der Waals surface area contributed by atoms with Gasteiger partial charge in [-0.1, -0.05) is 11.6 Å². The van der Waals surface area contributed by atoms with E-state index in [0.717, 1.165) is 6.42 Å². The maximum absolute atomic E-state index is 13.4. The molecule has 0 atom stereocenters. The summed E-state index contributed by atoms with van der Waals surface area (Å²) < 4.78 is 13.4. The van der Waals surface area contributed by atoms with E-state index >= 15 is 0 Å². The van der Waals surface area contributed by atoms with Crippen molar-refractivity contribution in [2.45, 2.75) is 19.8 Å². The van der Waals surface area contributed by atoms with Gasteiger partial charge in [0.15, 0.2) is 0 Å². The van der Waals surface area contributed by atoms with E-state index < -0.39 is 0 Å². The van der Waals surface area contributed by atoms with E-state index in [2.05, 4.69) is 6.07 Å². The number of hydrogen-bond acceptors (Lipinski definition) is 2. The molecule has 0 heterocycles. The minimum absolute atomic E-state index is 0.258. The van der Waals surface area contributed by atoms with Gasteiger partial charge in [-0.2, -0.15) is 5.26 Å². The Bertz CT molecular complexity index is 412. The molecule has 1 rings (SSSR count). The maximum atomic E-state index is 13.4. The molecule has 0 unspecified atom stereocenters. The van der Waals surface area contributed by atoms with Crippen LogP contribution >= 0.6 is 11.6 Å². The van der Waals surface area contributed by atoms with E-state index in [1.165, 1.54) is 6.07 Å². The van der Waals surface area contributed by atoms with Gasteiger partial charge < -0.3 is 4.90 Å². The van der Waals surface area contributed by atoms with E-state index in [4.69, 9.17) is 16.9 Å². The Hall–Kier alpha value is -1.27. The summed E-state index contributed by atoms with van der Waals surface area (Å²) in [4.78, 5) is 1.86. The first-order valence-corrected chi connectivity index (χ1v) is 5.47. The van der Waals surface area contributed by atoms with E-state index in [-0.39, 0.29) is 5.82 Å². The summed E-state index contributed by atoms with van der Waals surface area (Å²) in [6.07, 6.45) is 1.25. The molecule has 0 saturated heterocycles. The Kier molecular flexibility index (Phi) is 4.57. The number of hydrogen-bond donors (Lipinski definition) is 0. The molecular formula is C12H14ClFN2. The number of nitriles is 1. The van der Waals surface area contributed by atoms with Crippen LogP contribution in [-0.2, 0) is 0 Å². The molecule has 0 amide bonds. The highest BCUT2D eigenvalue weighted by molar-refractivity contribution is 6.33. The second-order valence-corrected chi connectivity index (χ2v) is 4.14. The molecule has 0 bridgehead atoms. The first-order valence-electron chi connectivity index (χ1n) is 5.10. The molecule has 0 saturated carbocycles. The minimum atomic E-state index is -0.258. The van der Waals surface area contributed by atoms with Gasteiger partial charge in [0.2, 0.25) is 0 Å². The Morgan fingerprint density at radius 2 is 2.19 bits per heavy atom. The van der Waals surface area contributed by atoms with Crippen molar-refractivity contribution in [1.29, 1.82) is 5.26 Å². The average molecular weight is 241 g/mol. The van der Waals surface area contributed by atoms with E-state index in [9.17, 15) is 4.39 Å². The van der Waals surface area contributed by atoms with Crippen molar-refractivity contribution in [2.75, 3.05) is 18.5 Å². The topological polar surface area (TPSA) is 27.0 Å². The molecule has 86 valence electrons. The van der Waals surface area contributed by atoms with Gasteiger partial charge >= 0.3 is 0 Å². The van der Waals surface area contributed by atoms with Crippen molar-refractivity contribution >= 4 is 17.3 Å². The molecule has 0 aromatic heterocycles. The lowest BCUT2D eigenvalue weighted by atomic mass is 10.2. The van der Waals surface area contributed by atoms with Crippen LogP contribution in [0.2, 0.25) is 5.02 Å². The van der Waals surface area contributed by atoms with Gasteiger partial charge in [0.05, 0.1) is 16.8 Å². The van der Waals surface area contributed by atoms with E-state index in [1.807, 2.05) is 11.9 Å². The van der Waals surface area contributed by atoms with Crippen LogP contribution in [0.25, 0.3) is 0 Å². The highest BCUT2D eigenvalue weighted by Gasteiger charge is 2.09. The third kappa shape index (κ3) is 3.11. The SMILES string of the molecule is Cc1cc(Cl)c(N(C)CCCC#N)cc1F. The summed E-state index contributed by atoms with van der Waals surface area (Å²) in [5.74, 6) is -0.258. The number of halogens is 2. The van der Waals surface area contributed by atoms with Gasteiger partial charge in [0.25, 0.3) is 0 Å². The Labute approximate surface area is 100 Å². The largest absolute Gasteiger partial charge is 0.373 e. The molecule has 2 nitrogen and oxygen atoms in total. The van der Waals surface area contributed by atoms with Crippen LogP contribution in [0.3, 0.4) is 0 Å².